The van der Waals surface area contributed by atoms with Gasteiger partial charge in [-0.1, -0.05) is 0 Å². The summed E-state index contributed by atoms with van der Waals surface area (Å²) in [5.74, 6) is -6.97. The quantitative estimate of drug-likeness (QED) is 0.0643. The number of carboxylic acids is 1. The minimum absolute atomic E-state index is 0.817. The minimum atomic E-state index is -3.20. The van der Waals surface area contributed by atoms with Crippen molar-refractivity contribution in [2.45, 2.75) is 186 Å². The van der Waals surface area contributed by atoms with Crippen molar-refractivity contribution in [2.75, 3.05) is 26.4 Å². The van der Waals surface area contributed by atoms with Crippen LogP contribution >= 0.6 is 0 Å². The van der Waals surface area contributed by atoms with Crippen LogP contribution in [0, 0.1) is 0 Å². The van der Waals surface area contributed by atoms with Gasteiger partial charge < -0.3 is 135 Å². The van der Waals surface area contributed by atoms with Crippen molar-refractivity contribution in [3.05, 3.63) is 0 Å². The maximum atomic E-state index is 13.0. The molecule has 0 bridgehead atoms. The molecule has 5 aliphatic rings. The van der Waals surface area contributed by atoms with Crippen LogP contribution in [0.1, 0.15) is 27.2 Å². The molecule has 30 heteroatoms. The molecule has 388 valence electrons. The molecule has 5 saturated heterocycles. The highest BCUT2D eigenvalue weighted by atomic mass is 16.8. The first-order valence-corrected chi connectivity index (χ1v) is 21.1. The molecular weight excluding hydrogens is 920 g/mol. The molecule has 0 aromatic heterocycles. The molecule has 30 nitrogen and oxygen atoms in total. The Labute approximate surface area is 379 Å². The Morgan fingerprint density at radius 2 is 1.15 bits per heavy atom. The van der Waals surface area contributed by atoms with Crippen LogP contribution < -0.4 is 10.6 Å². The monoisotopic (exact) mass is 982 g/mol. The highest BCUT2D eigenvalue weighted by Gasteiger charge is 2.61. The van der Waals surface area contributed by atoms with Crippen molar-refractivity contribution >= 4 is 17.8 Å². The average molecular weight is 983 g/mol. The molecule has 0 radical (unpaired) electrons. The van der Waals surface area contributed by atoms with Gasteiger partial charge in [-0.2, -0.15) is 0 Å². The molecule has 0 aliphatic carbocycles. The van der Waals surface area contributed by atoms with E-state index in [4.69, 9.17) is 42.6 Å². The number of amides is 2. The summed E-state index contributed by atoms with van der Waals surface area (Å²) in [5.41, 5.74) is 0. The fourth-order valence-electron chi connectivity index (χ4n) is 8.46. The second kappa shape index (κ2) is 23.1. The zero-order valence-electron chi connectivity index (χ0n) is 36.0. The van der Waals surface area contributed by atoms with Gasteiger partial charge in [0.25, 0.3) is 5.79 Å². The number of rotatable bonds is 17. The van der Waals surface area contributed by atoms with E-state index in [1.165, 1.54) is 6.92 Å². The fourth-order valence-corrected chi connectivity index (χ4v) is 8.46. The highest BCUT2D eigenvalue weighted by molar-refractivity contribution is 5.76. The average Bonchev–Trinajstić information content (AvgIpc) is 3.28. The first-order valence-electron chi connectivity index (χ1n) is 21.1. The predicted molar refractivity (Wildman–Crippen MR) is 206 cm³/mol. The van der Waals surface area contributed by atoms with Crippen molar-refractivity contribution in [1.29, 1.82) is 0 Å². The van der Waals surface area contributed by atoms with Gasteiger partial charge in [0.1, 0.15) is 110 Å². The Balaban J connectivity index is 1.54. The Bertz CT molecular complexity index is 1640. The Morgan fingerprint density at radius 1 is 0.612 bits per heavy atom. The largest absolute Gasteiger partial charge is 0.477 e. The Morgan fingerprint density at radius 3 is 1.72 bits per heavy atom. The van der Waals surface area contributed by atoms with Gasteiger partial charge in [0.2, 0.25) is 11.8 Å². The number of aliphatic carboxylic acids is 1. The molecule has 5 heterocycles. The lowest BCUT2D eigenvalue weighted by Crippen LogP contribution is -2.72. The molecule has 67 heavy (non-hydrogen) atoms. The van der Waals surface area contributed by atoms with Gasteiger partial charge in [0.05, 0.1) is 44.7 Å². The number of carbonyl (C=O) groups excluding carboxylic acids is 2. The van der Waals surface area contributed by atoms with Crippen LogP contribution in [-0.2, 0) is 57.0 Å². The number of aliphatic hydroxyl groups is 15. The summed E-state index contributed by atoms with van der Waals surface area (Å²) < 4.78 is 51.8. The van der Waals surface area contributed by atoms with Crippen molar-refractivity contribution in [3.8, 4) is 0 Å². The lowest BCUT2D eigenvalue weighted by Gasteiger charge is -2.52. The summed E-state index contributed by atoms with van der Waals surface area (Å²) in [4.78, 5) is 37.9. The van der Waals surface area contributed by atoms with E-state index >= 15 is 0 Å². The van der Waals surface area contributed by atoms with Crippen molar-refractivity contribution in [1.82, 2.24) is 10.6 Å². The number of ether oxygens (including phenoxy) is 9. The zero-order chi connectivity index (χ0) is 50.0. The van der Waals surface area contributed by atoms with Gasteiger partial charge in [-0.3, -0.25) is 9.59 Å². The van der Waals surface area contributed by atoms with Crippen LogP contribution in [0.15, 0.2) is 0 Å². The van der Waals surface area contributed by atoms with E-state index in [1.54, 1.807) is 0 Å². The highest BCUT2D eigenvalue weighted by Crippen LogP contribution is 2.40. The summed E-state index contributed by atoms with van der Waals surface area (Å²) in [6.45, 7) is -0.973. The molecule has 0 spiro atoms. The van der Waals surface area contributed by atoms with Crippen LogP contribution in [0.4, 0.5) is 0 Å². The van der Waals surface area contributed by atoms with Crippen LogP contribution in [0.25, 0.3) is 0 Å². The number of aliphatic hydroxyl groups excluding tert-OH is 15. The third-order valence-electron chi connectivity index (χ3n) is 12.1. The number of carboxylic acid groups (broad SMARTS) is 1. The first kappa shape index (κ1) is 55.4. The maximum absolute atomic E-state index is 13.0. The Hall–Kier alpha value is -2.55. The third-order valence-corrected chi connectivity index (χ3v) is 12.1. The molecule has 18 N–H and O–H groups in total. The van der Waals surface area contributed by atoms with Crippen LogP contribution in [-0.4, -0.2) is 285 Å². The van der Waals surface area contributed by atoms with Crippen LogP contribution in [0.3, 0.4) is 0 Å². The van der Waals surface area contributed by atoms with E-state index in [9.17, 15) is 96.1 Å². The molecule has 0 unspecified atom stereocenters. The van der Waals surface area contributed by atoms with Gasteiger partial charge in [-0.15, -0.1) is 0 Å². The molecule has 5 rings (SSSR count). The number of carbonyl (C=O) groups is 3. The summed E-state index contributed by atoms with van der Waals surface area (Å²) in [6.07, 6.45) is -46.6. The lowest BCUT2D eigenvalue weighted by atomic mass is 9.88. The minimum Gasteiger partial charge on any atom is -0.477 e. The lowest BCUT2D eigenvalue weighted by molar-refractivity contribution is -0.397. The van der Waals surface area contributed by atoms with Crippen LogP contribution in [0.2, 0.25) is 0 Å². The van der Waals surface area contributed by atoms with E-state index < -0.39 is 210 Å². The molecule has 2 amide bonds. The maximum Gasteiger partial charge on any atom is 0.364 e. The smallest absolute Gasteiger partial charge is 0.364 e. The number of hydrogen-bond donors (Lipinski definition) is 18. The standard InChI is InChI=1S/C37H62N2O28/c1-9-19(48)23(52)25(54)34(59-9)64-29-18(39-11(3)45)33(65-31-24(53)21(50)14(6-41)60-32(31)56)62-16(8-43)27(29)63-35-26(55)30(22(51)15(7-42)61-35)67-37(36(57)58)4-12(46)17(38-10(2)44)28(66-37)20(49)13(47)5-40/h9,12-35,40-43,46-56H,4-8H2,1-3H3,(H,38,44)(H,39,45)(H,57,58)/t9-,12-,13+,14+,15+,16+,17+,18+,19+,20+,21+,22-,23+,24-,25-,26+,27+,28+,29+,30-,31-,32-,33-,34-,35-,37-/m0/s1. The predicted octanol–water partition coefficient (Wildman–Crippen LogP) is -11.4. The van der Waals surface area contributed by atoms with Gasteiger partial charge in [0.15, 0.2) is 25.2 Å². The molecule has 0 aromatic carbocycles. The molecule has 0 aromatic rings. The van der Waals surface area contributed by atoms with Crippen molar-refractivity contribution < 1.29 is 139 Å². The zero-order valence-corrected chi connectivity index (χ0v) is 36.0. The van der Waals surface area contributed by atoms with E-state index in [0.29, 0.717) is 0 Å². The van der Waals surface area contributed by atoms with Crippen molar-refractivity contribution in [3.63, 3.8) is 0 Å². The molecule has 26 atom stereocenters. The summed E-state index contributed by atoms with van der Waals surface area (Å²) in [5, 5.41) is 175. The topological polar surface area (TPSA) is 482 Å². The van der Waals surface area contributed by atoms with E-state index in [0.717, 1.165) is 13.8 Å². The van der Waals surface area contributed by atoms with Crippen molar-refractivity contribution in [2.24, 2.45) is 0 Å². The summed E-state index contributed by atoms with van der Waals surface area (Å²) in [7, 11) is 0. The van der Waals surface area contributed by atoms with Gasteiger partial charge >= 0.3 is 5.97 Å². The van der Waals surface area contributed by atoms with Gasteiger partial charge in [0, 0.05) is 20.3 Å². The second-order valence-electron chi connectivity index (χ2n) is 16.8. The first-order chi connectivity index (χ1) is 31.4. The third kappa shape index (κ3) is 11.8. The van der Waals surface area contributed by atoms with E-state index in [1.807, 2.05) is 0 Å². The van der Waals surface area contributed by atoms with E-state index in [-0.39, 0.29) is 0 Å². The summed E-state index contributed by atoms with van der Waals surface area (Å²) >= 11 is 0. The second-order valence-corrected chi connectivity index (χ2v) is 16.8. The normalized spacial score (nSPS) is 47.1. The molecule has 5 aliphatic heterocycles. The number of hydrogen-bond acceptors (Lipinski definition) is 27. The Kier molecular flexibility index (Phi) is 19.1. The van der Waals surface area contributed by atoms with Gasteiger partial charge in [-0.05, 0) is 6.92 Å². The van der Waals surface area contributed by atoms with Crippen LogP contribution in [0.5, 0.6) is 0 Å². The SMILES string of the molecule is CC(=O)N[C@H]1[C@H](O[C@H]2[C@@H](O)[C@H](O)[C@@H](CO)O[C@@H]2O)O[C@H](CO)[C@@H](O[C@@H]2O[C@H](CO)[C@H](O)[C@H](O[C@]3(C(=O)O)C[C@H](O)[C@@H](NC(C)=O)[C@H]([C@H](O)[C@H](O)CO)O3)[C@H]2O)[C@@H]1O[C@@H]1O[C@@H](C)[C@@H](O)[C@@H](O)[C@@H]1O. The summed E-state index contributed by atoms with van der Waals surface area (Å²) in [6, 6.07) is -3.47. The molecule has 5 fully saturated rings. The molecular formula is C37H62N2O28. The van der Waals surface area contributed by atoms with Gasteiger partial charge in [-0.25, -0.2) is 4.79 Å². The number of nitrogens with one attached hydrogen (secondary N) is 2. The van der Waals surface area contributed by atoms with E-state index in [2.05, 4.69) is 10.6 Å². The fraction of sp³-hybridized carbons (Fsp3) is 0.919. The molecule has 0 saturated carbocycles.